The van der Waals surface area contributed by atoms with Crippen LogP contribution in [0.4, 0.5) is 8.78 Å². The standard InChI is InChI=1S/C12H25F2N/c1-4-12(3,7-5-10(2)13)9-11(14)6-8-15/h10-11H,4-9,15H2,1-3H3/t10?,11-,12?/m1/s1. The molecule has 0 saturated heterocycles. The highest BCUT2D eigenvalue weighted by molar-refractivity contribution is 4.77. The van der Waals surface area contributed by atoms with Crippen molar-refractivity contribution in [1.29, 1.82) is 0 Å². The SMILES string of the molecule is CCC(C)(CCC(C)F)C[C@H](F)CCN. The summed E-state index contributed by atoms with van der Waals surface area (Å²) in [5.41, 5.74) is 5.24. The van der Waals surface area contributed by atoms with Gasteiger partial charge in [-0.25, -0.2) is 8.78 Å². The Hall–Kier alpha value is -0.180. The minimum absolute atomic E-state index is 0.0745. The molecule has 1 nitrogen and oxygen atoms in total. The van der Waals surface area contributed by atoms with Gasteiger partial charge in [0.15, 0.2) is 0 Å². The maximum absolute atomic E-state index is 13.4. The topological polar surface area (TPSA) is 26.0 Å². The Bertz CT molecular complexity index is 162. The average Bonchev–Trinajstić information content (AvgIpc) is 2.15. The fourth-order valence-electron chi connectivity index (χ4n) is 1.79. The normalized spacial score (nSPS) is 19.6. The summed E-state index contributed by atoms with van der Waals surface area (Å²) in [5.74, 6) is 0. The lowest BCUT2D eigenvalue weighted by Crippen LogP contribution is -2.23. The van der Waals surface area contributed by atoms with E-state index in [2.05, 4.69) is 0 Å². The van der Waals surface area contributed by atoms with E-state index in [-0.39, 0.29) is 5.41 Å². The molecule has 0 aliphatic heterocycles. The zero-order valence-corrected chi connectivity index (χ0v) is 10.2. The molecule has 2 N–H and O–H groups in total. The van der Waals surface area contributed by atoms with Gasteiger partial charge in [-0.05, 0) is 44.6 Å². The first-order valence-corrected chi connectivity index (χ1v) is 5.91. The lowest BCUT2D eigenvalue weighted by Gasteiger charge is -2.30. The van der Waals surface area contributed by atoms with Crippen LogP contribution in [-0.4, -0.2) is 18.9 Å². The molecular formula is C12H25F2N. The second-order valence-corrected chi connectivity index (χ2v) is 4.86. The molecule has 0 heterocycles. The quantitative estimate of drug-likeness (QED) is 0.665. The van der Waals surface area contributed by atoms with Crippen LogP contribution >= 0.6 is 0 Å². The predicted octanol–water partition coefficient (Wildman–Crippen LogP) is 3.62. The number of hydrogen-bond acceptors (Lipinski definition) is 1. The molecule has 3 atom stereocenters. The zero-order valence-electron chi connectivity index (χ0n) is 10.2. The van der Waals surface area contributed by atoms with E-state index < -0.39 is 12.3 Å². The molecule has 0 aromatic heterocycles. The number of alkyl halides is 2. The van der Waals surface area contributed by atoms with Crippen LogP contribution in [0.2, 0.25) is 0 Å². The molecule has 2 unspecified atom stereocenters. The smallest absolute Gasteiger partial charge is 0.102 e. The van der Waals surface area contributed by atoms with Gasteiger partial charge in [0.1, 0.15) is 6.17 Å². The van der Waals surface area contributed by atoms with Gasteiger partial charge >= 0.3 is 0 Å². The molecule has 92 valence electrons. The summed E-state index contributed by atoms with van der Waals surface area (Å²) in [5, 5.41) is 0. The van der Waals surface area contributed by atoms with Crippen molar-refractivity contribution in [2.75, 3.05) is 6.54 Å². The van der Waals surface area contributed by atoms with Gasteiger partial charge in [-0.2, -0.15) is 0 Å². The van der Waals surface area contributed by atoms with Gasteiger partial charge in [-0.1, -0.05) is 20.3 Å². The van der Waals surface area contributed by atoms with Crippen molar-refractivity contribution in [3.8, 4) is 0 Å². The number of rotatable bonds is 8. The molecule has 15 heavy (non-hydrogen) atoms. The van der Waals surface area contributed by atoms with Gasteiger partial charge in [0.2, 0.25) is 0 Å². The fraction of sp³-hybridized carbons (Fsp3) is 1.00. The van der Waals surface area contributed by atoms with E-state index in [1.54, 1.807) is 6.92 Å². The van der Waals surface area contributed by atoms with Gasteiger partial charge in [0, 0.05) is 0 Å². The highest BCUT2D eigenvalue weighted by atomic mass is 19.1. The lowest BCUT2D eigenvalue weighted by atomic mass is 9.77. The van der Waals surface area contributed by atoms with E-state index in [9.17, 15) is 8.78 Å². The maximum atomic E-state index is 13.4. The van der Waals surface area contributed by atoms with Crippen LogP contribution in [0.25, 0.3) is 0 Å². The first-order valence-electron chi connectivity index (χ1n) is 5.91. The Labute approximate surface area is 92.4 Å². The van der Waals surface area contributed by atoms with E-state index >= 15 is 0 Å². The van der Waals surface area contributed by atoms with Crippen molar-refractivity contribution >= 4 is 0 Å². The van der Waals surface area contributed by atoms with Gasteiger partial charge in [0.05, 0.1) is 6.17 Å². The van der Waals surface area contributed by atoms with Crippen LogP contribution in [-0.2, 0) is 0 Å². The summed E-state index contributed by atoms with van der Waals surface area (Å²) >= 11 is 0. The molecule has 0 aliphatic rings. The third-order valence-corrected chi connectivity index (χ3v) is 3.19. The van der Waals surface area contributed by atoms with Gasteiger partial charge in [-0.15, -0.1) is 0 Å². The Morgan fingerprint density at radius 3 is 2.27 bits per heavy atom. The largest absolute Gasteiger partial charge is 0.330 e. The lowest BCUT2D eigenvalue weighted by molar-refractivity contribution is 0.152. The Balaban J connectivity index is 4.05. The molecular weight excluding hydrogens is 196 g/mol. The Morgan fingerprint density at radius 2 is 1.87 bits per heavy atom. The zero-order chi connectivity index (χ0) is 11.9. The monoisotopic (exact) mass is 221 g/mol. The average molecular weight is 221 g/mol. The molecule has 0 bridgehead atoms. The number of nitrogens with two attached hydrogens (primary N) is 1. The van der Waals surface area contributed by atoms with Gasteiger partial charge < -0.3 is 5.73 Å². The maximum Gasteiger partial charge on any atom is 0.102 e. The van der Waals surface area contributed by atoms with Crippen molar-refractivity contribution in [3.05, 3.63) is 0 Å². The van der Waals surface area contributed by atoms with E-state index in [1.807, 2.05) is 13.8 Å². The highest BCUT2D eigenvalue weighted by Crippen LogP contribution is 2.35. The summed E-state index contributed by atoms with van der Waals surface area (Å²) in [6, 6.07) is 0. The van der Waals surface area contributed by atoms with Crippen LogP contribution in [0, 0.1) is 5.41 Å². The fourth-order valence-corrected chi connectivity index (χ4v) is 1.79. The van der Waals surface area contributed by atoms with Crippen LogP contribution in [0.3, 0.4) is 0 Å². The van der Waals surface area contributed by atoms with Crippen LogP contribution in [0.1, 0.15) is 52.9 Å². The van der Waals surface area contributed by atoms with Crippen LogP contribution < -0.4 is 5.73 Å². The summed E-state index contributed by atoms with van der Waals surface area (Å²) in [6.45, 7) is 6.03. The van der Waals surface area contributed by atoms with Gasteiger partial charge in [0.25, 0.3) is 0 Å². The van der Waals surface area contributed by atoms with Crippen molar-refractivity contribution < 1.29 is 8.78 Å². The van der Waals surface area contributed by atoms with E-state index in [0.29, 0.717) is 25.8 Å². The van der Waals surface area contributed by atoms with E-state index in [0.717, 1.165) is 12.8 Å². The van der Waals surface area contributed by atoms with Crippen molar-refractivity contribution in [1.82, 2.24) is 0 Å². The Morgan fingerprint density at radius 1 is 1.27 bits per heavy atom. The van der Waals surface area contributed by atoms with Crippen molar-refractivity contribution in [2.24, 2.45) is 11.1 Å². The number of hydrogen-bond donors (Lipinski definition) is 1. The van der Waals surface area contributed by atoms with Gasteiger partial charge in [-0.3, -0.25) is 0 Å². The molecule has 0 rings (SSSR count). The van der Waals surface area contributed by atoms with E-state index in [1.165, 1.54) is 0 Å². The Kier molecular flexibility index (Phi) is 7.07. The summed E-state index contributed by atoms with van der Waals surface area (Å²) in [6.07, 6.45) is 1.48. The summed E-state index contributed by atoms with van der Waals surface area (Å²) in [4.78, 5) is 0. The summed E-state index contributed by atoms with van der Waals surface area (Å²) in [7, 11) is 0. The molecule has 0 spiro atoms. The van der Waals surface area contributed by atoms with Crippen molar-refractivity contribution in [2.45, 2.75) is 65.2 Å². The van der Waals surface area contributed by atoms with E-state index in [4.69, 9.17) is 5.73 Å². The second-order valence-electron chi connectivity index (χ2n) is 4.86. The third kappa shape index (κ3) is 6.82. The minimum atomic E-state index is -0.838. The third-order valence-electron chi connectivity index (χ3n) is 3.19. The molecule has 0 aromatic rings. The first-order chi connectivity index (χ1) is 6.93. The first kappa shape index (κ1) is 14.8. The number of halogens is 2. The molecule has 0 aromatic carbocycles. The predicted molar refractivity (Wildman–Crippen MR) is 61.4 cm³/mol. The molecule has 3 heteroatoms. The molecule has 0 fully saturated rings. The van der Waals surface area contributed by atoms with Crippen LogP contribution in [0.5, 0.6) is 0 Å². The summed E-state index contributed by atoms with van der Waals surface area (Å²) < 4.78 is 26.2. The van der Waals surface area contributed by atoms with Crippen LogP contribution in [0.15, 0.2) is 0 Å². The van der Waals surface area contributed by atoms with Crippen molar-refractivity contribution in [3.63, 3.8) is 0 Å². The molecule has 0 amide bonds. The molecule has 0 saturated carbocycles. The minimum Gasteiger partial charge on any atom is -0.330 e. The highest BCUT2D eigenvalue weighted by Gasteiger charge is 2.26. The molecule has 0 aliphatic carbocycles. The molecule has 0 radical (unpaired) electrons. The second kappa shape index (κ2) is 7.15.